The van der Waals surface area contributed by atoms with Crippen molar-refractivity contribution in [2.45, 2.75) is 38.6 Å². The van der Waals surface area contributed by atoms with Gasteiger partial charge in [0, 0.05) is 11.1 Å². The van der Waals surface area contributed by atoms with E-state index in [0.717, 1.165) is 19.4 Å². The molecule has 1 atom stereocenters. The van der Waals surface area contributed by atoms with Crippen LogP contribution in [0, 0.1) is 0 Å². The Bertz CT molecular complexity index is 499. The molecule has 0 saturated carbocycles. The molecule has 0 bridgehead atoms. The molecule has 1 aromatic rings. The van der Waals surface area contributed by atoms with Crippen molar-refractivity contribution in [2.24, 2.45) is 0 Å². The minimum Gasteiger partial charge on any atom is -0.397 e. The zero-order valence-electron chi connectivity index (χ0n) is 12.2. The van der Waals surface area contributed by atoms with Crippen LogP contribution in [0.3, 0.4) is 0 Å². The maximum atomic E-state index is 12.2. The molecule has 1 aliphatic rings. The SMILES string of the molecule is CC1CCCCCN1CC(=O)Nc1c(N)cc(Cl)cc1Cl. The van der Waals surface area contributed by atoms with Crippen LogP contribution >= 0.6 is 23.2 Å². The Morgan fingerprint density at radius 1 is 1.38 bits per heavy atom. The third-order valence-corrected chi connectivity index (χ3v) is 4.40. The first-order valence-corrected chi connectivity index (χ1v) is 8.01. The predicted molar refractivity (Wildman–Crippen MR) is 89.0 cm³/mol. The Kier molecular flexibility index (Phi) is 5.73. The van der Waals surface area contributed by atoms with E-state index in [0.29, 0.717) is 34.0 Å². The van der Waals surface area contributed by atoms with Crippen LogP contribution in [0.15, 0.2) is 12.1 Å². The van der Waals surface area contributed by atoms with Gasteiger partial charge in [0.2, 0.25) is 5.91 Å². The highest BCUT2D eigenvalue weighted by atomic mass is 35.5. The lowest BCUT2D eigenvalue weighted by Crippen LogP contribution is -2.39. The summed E-state index contributed by atoms with van der Waals surface area (Å²) in [5, 5.41) is 3.61. The second-order valence-electron chi connectivity index (χ2n) is 5.57. The Morgan fingerprint density at radius 3 is 2.86 bits per heavy atom. The zero-order valence-corrected chi connectivity index (χ0v) is 13.7. The van der Waals surface area contributed by atoms with E-state index in [1.807, 2.05) is 0 Å². The number of nitrogen functional groups attached to an aromatic ring is 1. The van der Waals surface area contributed by atoms with Gasteiger partial charge < -0.3 is 11.1 Å². The van der Waals surface area contributed by atoms with Crippen LogP contribution in [0.2, 0.25) is 10.0 Å². The van der Waals surface area contributed by atoms with Crippen LogP contribution < -0.4 is 11.1 Å². The fourth-order valence-electron chi connectivity index (χ4n) is 2.66. The summed E-state index contributed by atoms with van der Waals surface area (Å²) >= 11 is 11.9. The van der Waals surface area contributed by atoms with Crippen LogP contribution in [0.4, 0.5) is 11.4 Å². The number of rotatable bonds is 3. The Hall–Kier alpha value is -0.970. The van der Waals surface area contributed by atoms with Crippen molar-refractivity contribution in [1.82, 2.24) is 4.90 Å². The van der Waals surface area contributed by atoms with Crippen molar-refractivity contribution in [3.8, 4) is 0 Å². The van der Waals surface area contributed by atoms with E-state index < -0.39 is 0 Å². The summed E-state index contributed by atoms with van der Waals surface area (Å²) in [5.74, 6) is -0.0975. The molecule has 1 fully saturated rings. The van der Waals surface area contributed by atoms with Gasteiger partial charge in [0.25, 0.3) is 0 Å². The maximum absolute atomic E-state index is 12.2. The van der Waals surface area contributed by atoms with Gasteiger partial charge in [0.05, 0.1) is 22.9 Å². The van der Waals surface area contributed by atoms with Crippen LogP contribution in [0.5, 0.6) is 0 Å². The molecule has 1 saturated heterocycles. The van der Waals surface area contributed by atoms with Crippen molar-refractivity contribution in [1.29, 1.82) is 0 Å². The van der Waals surface area contributed by atoms with Crippen molar-refractivity contribution in [3.05, 3.63) is 22.2 Å². The van der Waals surface area contributed by atoms with Crippen LogP contribution in [-0.2, 0) is 4.79 Å². The van der Waals surface area contributed by atoms with Gasteiger partial charge in [-0.05, 0) is 38.4 Å². The standard InChI is InChI=1S/C15H21Cl2N3O/c1-10-5-3-2-4-6-20(10)9-14(21)19-15-12(17)7-11(16)8-13(15)18/h7-8,10H,2-6,9,18H2,1H3,(H,19,21). The van der Waals surface area contributed by atoms with E-state index in [1.165, 1.54) is 12.8 Å². The van der Waals surface area contributed by atoms with E-state index in [9.17, 15) is 4.79 Å². The second kappa shape index (κ2) is 7.34. The highest BCUT2D eigenvalue weighted by molar-refractivity contribution is 6.37. The van der Waals surface area contributed by atoms with Crippen molar-refractivity contribution < 1.29 is 4.79 Å². The van der Waals surface area contributed by atoms with E-state index in [2.05, 4.69) is 17.1 Å². The largest absolute Gasteiger partial charge is 0.397 e. The fraction of sp³-hybridized carbons (Fsp3) is 0.533. The summed E-state index contributed by atoms with van der Waals surface area (Å²) in [6.07, 6.45) is 4.74. The molecule has 1 unspecified atom stereocenters. The molecule has 1 heterocycles. The molecule has 116 valence electrons. The van der Waals surface area contributed by atoms with Gasteiger partial charge in [-0.3, -0.25) is 9.69 Å². The number of hydrogen-bond acceptors (Lipinski definition) is 3. The first-order chi connectivity index (χ1) is 9.97. The number of benzene rings is 1. The van der Waals surface area contributed by atoms with Crippen molar-refractivity contribution in [2.75, 3.05) is 24.1 Å². The van der Waals surface area contributed by atoms with E-state index in [4.69, 9.17) is 28.9 Å². The molecular weight excluding hydrogens is 309 g/mol. The predicted octanol–water partition coefficient (Wildman–Crippen LogP) is 3.78. The molecule has 0 aromatic heterocycles. The molecule has 1 aliphatic heterocycles. The Labute approximate surface area is 135 Å². The van der Waals surface area contributed by atoms with Gasteiger partial charge in [0.1, 0.15) is 0 Å². The van der Waals surface area contributed by atoms with Gasteiger partial charge in [0.15, 0.2) is 0 Å². The number of carbonyl (C=O) groups is 1. The fourth-order valence-corrected chi connectivity index (χ4v) is 3.21. The third kappa shape index (κ3) is 4.50. The summed E-state index contributed by atoms with van der Waals surface area (Å²) in [6.45, 7) is 3.49. The van der Waals surface area contributed by atoms with E-state index >= 15 is 0 Å². The third-order valence-electron chi connectivity index (χ3n) is 3.89. The normalized spacial score (nSPS) is 20.0. The number of hydrogen-bond donors (Lipinski definition) is 2. The summed E-state index contributed by atoms with van der Waals surface area (Å²) in [4.78, 5) is 14.4. The molecule has 3 N–H and O–H groups in total. The summed E-state index contributed by atoms with van der Waals surface area (Å²) in [6, 6.07) is 3.58. The number of carbonyl (C=O) groups excluding carboxylic acids is 1. The highest BCUT2D eigenvalue weighted by Crippen LogP contribution is 2.32. The molecule has 0 aliphatic carbocycles. The average molecular weight is 330 g/mol. The first-order valence-electron chi connectivity index (χ1n) is 7.26. The molecule has 2 rings (SSSR count). The lowest BCUT2D eigenvalue weighted by Gasteiger charge is -2.26. The van der Waals surface area contributed by atoms with Gasteiger partial charge in [-0.2, -0.15) is 0 Å². The van der Waals surface area contributed by atoms with Crippen LogP contribution in [0.25, 0.3) is 0 Å². The first kappa shape index (κ1) is 16.4. The average Bonchev–Trinajstić information content (AvgIpc) is 2.59. The Balaban J connectivity index is 2.01. The van der Waals surface area contributed by atoms with E-state index in [-0.39, 0.29) is 5.91 Å². The molecule has 6 heteroatoms. The zero-order chi connectivity index (χ0) is 15.4. The topological polar surface area (TPSA) is 58.4 Å². The van der Waals surface area contributed by atoms with Gasteiger partial charge >= 0.3 is 0 Å². The lowest BCUT2D eigenvalue weighted by atomic mass is 10.1. The monoisotopic (exact) mass is 329 g/mol. The number of nitrogens with one attached hydrogen (secondary N) is 1. The van der Waals surface area contributed by atoms with Gasteiger partial charge in [-0.15, -0.1) is 0 Å². The molecule has 0 radical (unpaired) electrons. The number of nitrogens with two attached hydrogens (primary N) is 1. The van der Waals surface area contributed by atoms with Gasteiger partial charge in [-0.1, -0.05) is 36.0 Å². The molecule has 4 nitrogen and oxygen atoms in total. The minimum atomic E-state index is -0.0975. The number of nitrogens with zero attached hydrogens (tertiary/aromatic N) is 1. The summed E-state index contributed by atoms with van der Waals surface area (Å²) in [5.41, 5.74) is 6.68. The molecule has 1 amide bonds. The van der Waals surface area contributed by atoms with Crippen molar-refractivity contribution in [3.63, 3.8) is 0 Å². The highest BCUT2D eigenvalue weighted by Gasteiger charge is 2.20. The smallest absolute Gasteiger partial charge is 0.238 e. The molecule has 0 spiro atoms. The van der Waals surface area contributed by atoms with Crippen LogP contribution in [0.1, 0.15) is 32.6 Å². The molecular formula is C15H21Cl2N3O. The minimum absolute atomic E-state index is 0.0975. The summed E-state index contributed by atoms with van der Waals surface area (Å²) < 4.78 is 0. The van der Waals surface area contributed by atoms with Crippen LogP contribution in [-0.4, -0.2) is 29.9 Å². The summed E-state index contributed by atoms with van der Waals surface area (Å²) in [7, 11) is 0. The number of anilines is 2. The van der Waals surface area contributed by atoms with Gasteiger partial charge in [-0.25, -0.2) is 0 Å². The molecule has 21 heavy (non-hydrogen) atoms. The number of amides is 1. The quantitative estimate of drug-likeness (QED) is 0.829. The Morgan fingerprint density at radius 2 is 2.14 bits per heavy atom. The molecule has 1 aromatic carbocycles. The second-order valence-corrected chi connectivity index (χ2v) is 6.41. The maximum Gasteiger partial charge on any atom is 0.238 e. The van der Waals surface area contributed by atoms with Crippen molar-refractivity contribution >= 4 is 40.5 Å². The number of likely N-dealkylation sites (tertiary alicyclic amines) is 1. The van der Waals surface area contributed by atoms with E-state index in [1.54, 1.807) is 12.1 Å². The number of halogens is 2. The lowest BCUT2D eigenvalue weighted by molar-refractivity contribution is -0.117.